The summed E-state index contributed by atoms with van der Waals surface area (Å²) in [4.78, 5) is 14.0. The molecule has 0 spiro atoms. The Labute approximate surface area is 97.3 Å². The van der Waals surface area contributed by atoms with Crippen molar-refractivity contribution in [1.82, 2.24) is 10.2 Å². The van der Waals surface area contributed by atoms with E-state index in [-0.39, 0.29) is 12.0 Å². The predicted molar refractivity (Wildman–Crippen MR) is 62.2 cm³/mol. The molecule has 0 aliphatic carbocycles. The predicted octanol–water partition coefficient (Wildman–Crippen LogP) is 0.623. The fourth-order valence-electron chi connectivity index (χ4n) is 2.56. The zero-order valence-electron chi connectivity index (χ0n) is 10.1. The van der Waals surface area contributed by atoms with Crippen molar-refractivity contribution in [2.24, 2.45) is 5.92 Å². The van der Waals surface area contributed by atoms with Gasteiger partial charge in [-0.2, -0.15) is 0 Å². The number of carbonyl (C=O) groups excluding carboxylic acids is 1. The van der Waals surface area contributed by atoms with E-state index in [9.17, 15) is 4.79 Å². The second-order valence-corrected chi connectivity index (χ2v) is 5.06. The third-order valence-electron chi connectivity index (χ3n) is 3.51. The Morgan fingerprint density at radius 1 is 1.50 bits per heavy atom. The lowest BCUT2D eigenvalue weighted by molar-refractivity contribution is -0.122. The van der Waals surface area contributed by atoms with Crippen molar-refractivity contribution >= 4 is 5.91 Å². The number of amides is 1. The molecule has 2 rings (SSSR count). The summed E-state index contributed by atoms with van der Waals surface area (Å²) in [5.41, 5.74) is 0. The minimum Gasteiger partial charge on any atom is -0.376 e. The molecule has 4 heteroatoms. The van der Waals surface area contributed by atoms with Gasteiger partial charge in [-0.15, -0.1) is 0 Å². The van der Waals surface area contributed by atoms with Gasteiger partial charge in [0.15, 0.2) is 0 Å². The molecule has 0 radical (unpaired) electrons. The van der Waals surface area contributed by atoms with Gasteiger partial charge in [0.2, 0.25) is 5.91 Å². The fraction of sp³-hybridized carbons (Fsp3) is 0.917. The average molecular weight is 226 g/mol. The number of hydrogen-bond acceptors (Lipinski definition) is 3. The van der Waals surface area contributed by atoms with Crippen LogP contribution in [0.4, 0.5) is 0 Å². The summed E-state index contributed by atoms with van der Waals surface area (Å²) in [5, 5.41) is 2.98. The van der Waals surface area contributed by atoms with Crippen LogP contribution in [0.2, 0.25) is 0 Å². The molecule has 2 saturated heterocycles. The summed E-state index contributed by atoms with van der Waals surface area (Å²) in [7, 11) is 2.12. The van der Waals surface area contributed by atoms with Gasteiger partial charge in [0.25, 0.3) is 0 Å². The first kappa shape index (κ1) is 11.9. The molecule has 2 fully saturated rings. The van der Waals surface area contributed by atoms with Crippen LogP contribution in [0.1, 0.15) is 25.7 Å². The summed E-state index contributed by atoms with van der Waals surface area (Å²) in [6.45, 7) is 3.74. The second kappa shape index (κ2) is 5.64. The molecular formula is C12H22N2O2. The quantitative estimate of drug-likeness (QED) is 0.764. The lowest BCUT2D eigenvalue weighted by Crippen LogP contribution is -2.33. The van der Waals surface area contributed by atoms with Crippen molar-refractivity contribution in [3.05, 3.63) is 0 Å². The highest BCUT2D eigenvalue weighted by molar-refractivity contribution is 5.76. The third kappa shape index (κ3) is 3.46. The van der Waals surface area contributed by atoms with Crippen LogP contribution in [-0.2, 0) is 9.53 Å². The van der Waals surface area contributed by atoms with E-state index in [0.29, 0.717) is 18.9 Å². The molecule has 92 valence electrons. The molecule has 2 heterocycles. The molecule has 1 amide bonds. The first-order valence-electron chi connectivity index (χ1n) is 6.31. The maximum Gasteiger partial charge on any atom is 0.220 e. The van der Waals surface area contributed by atoms with E-state index in [2.05, 4.69) is 17.3 Å². The number of ether oxygens (including phenoxy) is 1. The van der Waals surface area contributed by atoms with Crippen LogP contribution >= 0.6 is 0 Å². The highest BCUT2D eigenvalue weighted by Gasteiger charge is 2.22. The molecule has 0 aromatic heterocycles. The SMILES string of the molecule is CN1CCC(CC(=O)NCC2CCCO2)C1. The van der Waals surface area contributed by atoms with Crippen molar-refractivity contribution < 1.29 is 9.53 Å². The normalized spacial score (nSPS) is 30.8. The molecule has 0 aromatic carbocycles. The van der Waals surface area contributed by atoms with Gasteiger partial charge in [0, 0.05) is 26.1 Å². The van der Waals surface area contributed by atoms with Crippen molar-refractivity contribution in [2.45, 2.75) is 31.8 Å². The van der Waals surface area contributed by atoms with Gasteiger partial charge in [-0.1, -0.05) is 0 Å². The lowest BCUT2D eigenvalue weighted by atomic mass is 10.0. The Morgan fingerprint density at radius 2 is 2.38 bits per heavy atom. The topological polar surface area (TPSA) is 41.6 Å². The summed E-state index contributed by atoms with van der Waals surface area (Å²) in [6, 6.07) is 0. The van der Waals surface area contributed by atoms with Crippen molar-refractivity contribution in [3.8, 4) is 0 Å². The molecule has 1 N–H and O–H groups in total. The monoisotopic (exact) mass is 226 g/mol. The standard InChI is InChI=1S/C12H22N2O2/c1-14-5-4-10(9-14)7-12(15)13-8-11-3-2-6-16-11/h10-11H,2-9H2,1H3,(H,13,15). The van der Waals surface area contributed by atoms with Crippen LogP contribution in [0.25, 0.3) is 0 Å². The molecular weight excluding hydrogens is 204 g/mol. The Bertz CT molecular complexity index is 239. The number of hydrogen-bond donors (Lipinski definition) is 1. The molecule has 16 heavy (non-hydrogen) atoms. The van der Waals surface area contributed by atoms with E-state index in [4.69, 9.17) is 4.74 Å². The first-order chi connectivity index (χ1) is 7.74. The lowest BCUT2D eigenvalue weighted by Gasteiger charge is -2.13. The number of carbonyl (C=O) groups is 1. The highest BCUT2D eigenvalue weighted by Crippen LogP contribution is 2.17. The van der Waals surface area contributed by atoms with Gasteiger partial charge in [0.05, 0.1) is 6.10 Å². The number of nitrogens with zero attached hydrogens (tertiary/aromatic N) is 1. The molecule has 2 unspecified atom stereocenters. The Hall–Kier alpha value is -0.610. The van der Waals surface area contributed by atoms with Crippen LogP contribution in [0.3, 0.4) is 0 Å². The van der Waals surface area contributed by atoms with Gasteiger partial charge in [-0.25, -0.2) is 0 Å². The van der Waals surface area contributed by atoms with Crippen LogP contribution in [0, 0.1) is 5.92 Å². The van der Waals surface area contributed by atoms with E-state index < -0.39 is 0 Å². The minimum absolute atomic E-state index is 0.191. The zero-order valence-corrected chi connectivity index (χ0v) is 10.1. The fourth-order valence-corrected chi connectivity index (χ4v) is 2.56. The molecule has 0 saturated carbocycles. The molecule has 0 bridgehead atoms. The van der Waals surface area contributed by atoms with Gasteiger partial charge < -0.3 is 15.0 Å². The highest BCUT2D eigenvalue weighted by atomic mass is 16.5. The number of rotatable bonds is 4. The van der Waals surface area contributed by atoms with Gasteiger partial charge in [-0.3, -0.25) is 4.79 Å². The smallest absolute Gasteiger partial charge is 0.220 e. The Balaban J connectivity index is 1.60. The van der Waals surface area contributed by atoms with Crippen LogP contribution in [-0.4, -0.2) is 50.2 Å². The van der Waals surface area contributed by atoms with Crippen molar-refractivity contribution in [3.63, 3.8) is 0 Å². The van der Waals surface area contributed by atoms with Gasteiger partial charge >= 0.3 is 0 Å². The number of nitrogens with one attached hydrogen (secondary N) is 1. The average Bonchev–Trinajstić information content (AvgIpc) is 2.87. The third-order valence-corrected chi connectivity index (χ3v) is 3.51. The number of likely N-dealkylation sites (tertiary alicyclic amines) is 1. The van der Waals surface area contributed by atoms with E-state index in [1.165, 1.54) is 0 Å². The van der Waals surface area contributed by atoms with Crippen molar-refractivity contribution in [1.29, 1.82) is 0 Å². The van der Waals surface area contributed by atoms with Crippen LogP contribution in [0.15, 0.2) is 0 Å². The largest absolute Gasteiger partial charge is 0.376 e. The summed E-state index contributed by atoms with van der Waals surface area (Å²) in [6.07, 6.45) is 4.32. The minimum atomic E-state index is 0.191. The van der Waals surface area contributed by atoms with Crippen molar-refractivity contribution in [2.75, 3.05) is 33.3 Å². The molecule has 4 nitrogen and oxygen atoms in total. The molecule has 2 atom stereocenters. The van der Waals surface area contributed by atoms with Gasteiger partial charge in [-0.05, 0) is 38.8 Å². The first-order valence-corrected chi connectivity index (χ1v) is 6.31. The molecule has 0 aromatic rings. The summed E-state index contributed by atoms with van der Waals surface area (Å²) >= 11 is 0. The maximum atomic E-state index is 11.7. The molecule has 2 aliphatic heterocycles. The van der Waals surface area contributed by atoms with Gasteiger partial charge in [0.1, 0.15) is 0 Å². The second-order valence-electron chi connectivity index (χ2n) is 5.06. The summed E-state index contributed by atoms with van der Waals surface area (Å²) in [5.74, 6) is 0.741. The van der Waals surface area contributed by atoms with E-state index in [1.54, 1.807) is 0 Å². The van der Waals surface area contributed by atoms with E-state index >= 15 is 0 Å². The zero-order chi connectivity index (χ0) is 11.4. The Kier molecular flexibility index (Phi) is 4.18. The maximum absolute atomic E-state index is 11.7. The van der Waals surface area contributed by atoms with Crippen LogP contribution in [0.5, 0.6) is 0 Å². The van der Waals surface area contributed by atoms with E-state index in [1.807, 2.05) is 0 Å². The Morgan fingerprint density at radius 3 is 3.00 bits per heavy atom. The molecule has 2 aliphatic rings. The van der Waals surface area contributed by atoms with Crippen LogP contribution < -0.4 is 5.32 Å². The van der Waals surface area contributed by atoms with E-state index in [0.717, 1.165) is 39.0 Å². The summed E-state index contributed by atoms with van der Waals surface area (Å²) < 4.78 is 5.47.